The number of thiophene rings is 1. The minimum Gasteiger partial charge on any atom is -0.334 e. The summed E-state index contributed by atoms with van der Waals surface area (Å²) in [5, 5.41) is 0. The molecule has 2 aliphatic heterocycles. The lowest BCUT2D eigenvalue weighted by Crippen LogP contribution is -2.35. The van der Waals surface area contributed by atoms with Crippen LogP contribution in [-0.4, -0.2) is 62.8 Å². The Hall–Kier alpha value is -3.45. The minimum absolute atomic E-state index is 0.0194. The Morgan fingerprint density at radius 2 is 1.85 bits per heavy atom. The van der Waals surface area contributed by atoms with Crippen LogP contribution in [0.3, 0.4) is 0 Å². The fourth-order valence-electron chi connectivity index (χ4n) is 5.96. The van der Waals surface area contributed by atoms with E-state index in [0.29, 0.717) is 15.1 Å². The highest BCUT2D eigenvalue weighted by Gasteiger charge is 2.72. The summed E-state index contributed by atoms with van der Waals surface area (Å²) in [7, 11) is 0. The predicted molar refractivity (Wildman–Crippen MR) is 138 cm³/mol. The van der Waals surface area contributed by atoms with E-state index in [2.05, 4.69) is 9.97 Å². The number of carbonyl (C=O) groups is 3. The predicted octanol–water partition coefficient (Wildman–Crippen LogP) is 3.95. The van der Waals surface area contributed by atoms with Crippen molar-refractivity contribution in [2.24, 2.45) is 23.0 Å². The van der Waals surface area contributed by atoms with Crippen molar-refractivity contribution in [3.05, 3.63) is 46.1 Å². The second-order valence-electron chi connectivity index (χ2n) is 11.3. The molecule has 3 aromatic rings. The molecule has 5 heterocycles. The largest absolute Gasteiger partial charge is 0.433 e. The number of rotatable bonds is 4. The summed E-state index contributed by atoms with van der Waals surface area (Å²) in [6, 6.07) is 3.05. The highest BCUT2D eigenvalue weighted by atomic mass is 32.1. The standard InChI is InChI=1S/C27H25F4N5O3S/c1-11-6-17(27(29,30)31)34-21(18(11)23(37)35-9-14(28)15(32)10-35)13-4-5-33-16-7-12(40-22(13)16)8-36-24(38)19-20(25(36)39)26(19,2)3/h4-7,14-15,19-20H,8-10,32H2,1-3H3/t14-,15+,19?,20?/m1/s1. The average Bonchev–Trinajstić information content (AvgIpc) is 3.17. The molecular weight excluding hydrogens is 550 g/mol. The first-order chi connectivity index (χ1) is 18.7. The lowest BCUT2D eigenvalue weighted by molar-refractivity contribution is -0.144. The van der Waals surface area contributed by atoms with E-state index < -0.39 is 30.0 Å². The molecule has 2 N–H and O–H groups in total. The third-order valence-corrected chi connectivity index (χ3v) is 9.36. The third kappa shape index (κ3) is 4.00. The van der Waals surface area contributed by atoms with Crippen LogP contribution in [0.2, 0.25) is 0 Å². The molecule has 6 rings (SSSR count). The van der Waals surface area contributed by atoms with E-state index in [1.807, 2.05) is 13.8 Å². The van der Waals surface area contributed by atoms with Crippen molar-refractivity contribution in [2.75, 3.05) is 13.1 Å². The molecule has 3 amide bonds. The van der Waals surface area contributed by atoms with Crippen molar-refractivity contribution < 1.29 is 31.9 Å². The van der Waals surface area contributed by atoms with Crippen molar-refractivity contribution in [3.63, 3.8) is 0 Å². The van der Waals surface area contributed by atoms with Crippen molar-refractivity contribution in [1.29, 1.82) is 0 Å². The monoisotopic (exact) mass is 575 g/mol. The van der Waals surface area contributed by atoms with Gasteiger partial charge in [-0.15, -0.1) is 11.3 Å². The molecule has 3 fully saturated rings. The van der Waals surface area contributed by atoms with Gasteiger partial charge < -0.3 is 10.6 Å². The Morgan fingerprint density at radius 1 is 1.18 bits per heavy atom. The second-order valence-corrected chi connectivity index (χ2v) is 12.4. The number of alkyl halides is 4. The lowest BCUT2D eigenvalue weighted by Gasteiger charge is -2.21. The molecule has 2 unspecified atom stereocenters. The highest BCUT2D eigenvalue weighted by molar-refractivity contribution is 7.19. The van der Waals surface area contributed by atoms with E-state index in [4.69, 9.17) is 5.73 Å². The van der Waals surface area contributed by atoms with Gasteiger partial charge in [0.2, 0.25) is 11.8 Å². The minimum atomic E-state index is -4.78. The zero-order chi connectivity index (χ0) is 28.9. The maximum Gasteiger partial charge on any atom is 0.433 e. The van der Waals surface area contributed by atoms with Crippen LogP contribution in [-0.2, 0) is 22.3 Å². The van der Waals surface area contributed by atoms with Crippen LogP contribution in [0.1, 0.15) is 40.3 Å². The van der Waals surface area contributed by atoms with Gasteiger partial charge in [0.1, 0.15) is 11.9 Å². The molecule has 210 valence electrons. The van der Waals surface area contributed by atoms with Gasteiger partial charge in [-0.1, -0.05) is 13.8 Å². The maximum absolute atomic E-state index is 14.1. The number of hydrogen-bond acceptors (Lipinski definition) is 7. The van der Waals surface area contributed by atoms with E-state index in [1.54, 1.807) is 6.07 Å². The average molecular weight is 576 g/mol. The first-order valence-corrected chi connectivity index (χ1v) is 13.5. The van der Waals surface area contributed by atoms with E-state index in [1.165, 1.54) is 29.0 Å². The SMILES string of the molecule is Cc1cc(C(F)(F)F)nc(-c2ccnc3cc(CN4C(=O)C5C(C4=O)C5(C)C)sc23)c1C(=O)N1C[C@@H](F)[C@@H](N)C1. The van der Waals surface area contributed by atoms with E-state index >= 15 is 0 Å². The van der Waals surface area contributed by atoms with Gasteiger partial charge in [-0.2, -0.15) is 13.2 Å². The van der Waals surface area contributed by atoms with E-state index in [0.717, 1.165) is 17.4 Å². The zero-order valence-corrected chi connectivity index (χ0v) is 22.6. The summed E-state index contributed by atoms with van der Waals surface area (Å²) < 4.78 is 56.0. The van der Waals surface area contributed by atoms with E-state index in [9.17, 15) is 31.9 Å². The molecule has 0 spiro atoms. The molecule has 8 nitrogen and oxygen atoms in total. The second kappa shape index (κ2) is 8.77. The number of fused-ring (bicyclic) bond motifs is 2. The zero-order valence-electron chi connectivity index (χ0n) is 21.8. The Kier molecular flexibility index (Phi) is 5.87. The van der Waals surface area contributed by atoms with Crippen LogP contribution in [0.5, 0.6) is 0 Å². The number of carbonyl (C=O) groups excluding carboxylic acids is 3. The number of likely N-dealkylation sites (tertiary alicyclic amines) is 2. The first kappa shape index (κ1) is 26.8. The van der Waals surface area contributed by atoms with Crippen molar-refractivity contribution in [3.8, 4) is 11.3 Å². The number of halogens is 4. The Labute approximate surface area is 230 Å². The van der Waals surface area contributed by atoms with Crippen LogP contribution >= 0.6 is 11.3 Å². The molecule has 2 saturated heterocycles. The topological polar surface area (TPSA) is 109 Å². The van der Waals surface area contributed by atoms with Gasteiger partial charge in [0.15, 0.2) is 0 Å². The van der Waals surface area contributed by atoms with Crippen molar-refractivity contribution in [1.82, 2.24) is 19.8 Å². The summed E-state index contributed by atoms with van der Waals surface area (Å²) >= 11 is 1.16. The molecule has 13 heteroatoms. The lowest BCUT2D eigenvalue weighted by atomic mass is 9.99. The molecule has 0 radical (unpaired) electrons. The third-order valence-electron chi connectivity index (χ3n) is 8.22. The van der Waals surface area contributed by atoms with Crippen LogP contribution in [0.15, 0.2) is 24.4 Å². The van der Waals surface area contributed by atoms with Crippen LogP contribution in [0, 0.1) is 24.2 Å². The van der Waals surface area contributed by atoms with Crippen LogP contribution in [0.25, 0.3) is 21.5 Å². The van der Waals surface area contributed by atoms with Gasteiger partial charge in [0, 0.05) is 23.2 Å². The first-order valence-electron chi connectivity index (χ1n) is 12.7. The summed E-state index contributed by atoms with van der Waals surface area (Å²) in [6.45, 7) is 4.82. The van der Waals surface area contributed by atoms with Crippen molar-refractivity contribution >= 4 is 39.3 Å². The Bertz CT molecular complexity index is 1570. The molecule has 3 aromatic heterocycles. The molecule has 0 bridgehead atoms. The van der Waals surface area contributed by atoms with Crippen LogP contribution in [0.4, 0.5) is 17.6 Å². The maximum atomic E-state index is 14.1. The van der Waals surface area contributed by atoms with E-state index in [-0.39, 0.29) is 71.1 Å². The van der Waals surface area contributed by atoms with Crippen molar-refractivity contribution in [2.45, 2.75) is 45.7 Å². The quantitative estimate of drug-likeness (QED) is 0.373. The summed E-state index contributed by atoms with van der Waals surface area (Å²) in [5.74, 6) is -1.80. The van der Waals surface area contributed by atoms with Gasteiger partial charge in [-0.05, 0) is 36.1 Å². The fraction of sp³-hybridized carbons (Fsp3) is 0.444. The fourth-order valence-corrected chi connectivity index (χ4v) is 7.08. The molecule has 3 aliphatic rings. The highest BCUT2D eigenvalue weighted by Crippen LogP contribution is 2.63. The number of hydrogen-bond donors (Lipinski definition) is 1. The number of imide groups is 1. The smallest absolute Gasteiger partial charge is 0.334 e. The van der Waals surface area contributed by atoms with Gasteiger partial charge in [0.25, 0.3) is 5.91 Å². The molecule has 1 aliphatic carbocycles. The number of amides is 3. The molecule has 40 heavy (non-hydrogen) atoms. The number of aromatic nitrogens is 2. The Balaban J connectivity index is 1.43. The van der Waals surface area contributed by atoms with Gasteiger partial charge >= 0.3 is 6.18 Å². The van der Waals surface area contributed by atoms with Gasteiger partial charge in [0.05, 0.1) is 52.4 Å². The number of nitrogens with two attached hydrogens (primary N) is 1. The summed E-state index contributed by atoms with van der Waals surface area (Å²) in [6.07, 6.45) is -4.83. The molecule has 4 atom stereocenters. The number of pyridine rings is 2. The molecule has 0 aromatic carbocycles. The Morgan fingerprint density at radius 3 is 2.45 bits per heavy atom. The van der Waals surface area contributed by atoms with Gasteiger partial charge in [-0.25, -0.2) is 9.37 Å². The normalized spacial score (nSPS) is 25.7. The van der Waals surface area contributed by atoms with Gasteiger partial charge in [-0.3, -0.25) is 24.3 Å². The number of nitrogens with zero attached hydrogens (tertiary/aromatic N) is 4. The number of aryl methyl sites for hydroxylation is 1. The summed E-state index contributed by atoms with van der Waals surface area (Å²) in [4.78, 5) is 50.4. The number of piperidine rings is 1. The van der Waals surface area contributed by atoms with Crippen LogP contribution < -0.4 is 5.73 Å². The molecular formula is C27H25F4N5O3S. The molecule has 1 saturated carbocycles. The summed E-state index contributed by atoms with van der Waals surface area (Å²) in [5.41, 5.74) is 4.64.